The number of sulfonamides is 1. The second-order valence-corrected chi connectivity index (χ2v) is 12.8. The lowest BCUT2D eigenvalue weighted by Crippen LogP contribution is -2.51. The van der Waals surface area contributed by atoms with Crippen molar-refractivity contribution in [2.24, 2.45) is 5.92 Å². The summed E-state index contributed by atoms with van der Waals surface area (Å²) >= 11 is 6.08. The molecule has 1 N–H and O–H groups in total. The molecule has 0 aliphatic heterocycles. The van der Waals surface area contributed by atoms with Gasteiger partial charge in [-0.05, 0) is 53.8 Å². The lowest BCUT2D eigenvalue weighted by atomic mass is 10.0. The molecule has 0 aliphatic carbocycles. The number of rotatable bonds is 14. The molecule has 3 aromatic carbocycles. The minimum absolute atomic E-state index is 0.00344. The highest BCUT2D eigenvalue weighted by atomic mass is 35.5. The Morgan fingerprint density at radius 3 is 2.24 bits per heavy atom. The third kappa shape index (κ3) is 10.2. The average molecular weight is 602 g/mol. The Balaban J connectivity index is 1.87. The van der Waals surface area contributed by atoms with Crippen molar-refractivity contribution in [3.05, 3.63) is 101 Å². The average Bonchev–Trinajstić information content (AvgIpc) is 2.92. The maximum Gasteiger partial charge on any atom is 0.243 e. The van der Waals surface area contributed by atoms with E-state index in [1.165, 1.54) is 21.3 Å². The zero-order valence-corrected chi connectivity index (χ0v) is 25.2. The molecular weight excluding hydrogens is 565 g/mol. The Labute approximate surface area is 247 Å². The smallest absolute Gasteiger partial charge is 0.243 e. The summed E-state index contributed by atoms with van der Waals surface area (Å²) in [7, 11) is -3.64. The van der Waals surface area contributed by atoms with E-state index in [9.17, 15) is 22.4 Å². The van der Waals surface area contributed by atoms with Gasteiger partial charge in [0.05, 0.1) is 11.9 Å². The highest BCUT2D eigenvalue weighted by Crippen LogP contribution is 2.23. The van der Waals surface area contributed by atoms with Gasteiger partial charge < -0.3 is 10.2 Å². The molecule has 10 heteroatoms. The summed E-state index contributed by atoms with van der Waals surface area (Å²) in [5, 5.41) is 3.36. The number of anilines is 1. The molecule has 7 nitrogen and oxygen atoms in total. The number of amides is 2. The SMILES string of the molecule is CC(C)CNC(=O)[C@H](Cc1ccccc1)N(Cc1ccc(F)cc1)C(=O)CCCN(c1cccc(Cl)c1)S(C)(=O)=O. The van der Waals surface area contributed by atoms with E-state index in [-0.39, 0.29) is 50.1 Å². The minimum atomic E-state index is -3.64. The van der Waals surface area contributed by atoms with Crippen molar-refractivity contribution in [3.8, 4) is 0 Å². The van der Waals surface area contributed by atoms with Gasteiger partial charge in [-0.15, -0.1) is 0 Å². The zero-order chi connectivity index (χ0) is 30.0. The number of nitrogens with one attached hydrogen (secondary N) is 1. The van der Waals surface area contributed by atoms with E-state index < -0.39 is 21.9 Å². The molecule has 0 spiro atoms. The molecule has 0 bridgehead atoms. The second-order valence-electron chi connectivity index (χ2n) is 10.4. The maximum atomic E-state index is 13.8. The number of nitrogens with zero attached hydrogens (tertiary/aromatic N) is 2. The Hall–Kier alpha value is -3.43. The van der Waals surface area contributed by atoms with Crippen LogP contribution < -0.4 is 9.62 Å². The van der Waals surface area contributed by atoms with E-state index in [0.717, 1.165) is 11.8 Å². The quantitative estimate of drug-likeness (QED) is 0.267. The lowest BCUT2D eigenvalue weighted by molar-refractivity contribution is -0.141. The molecule has 2 amide bonds. The summed E-state index contributed by atoms with van der Waals surface area (Å²) in [6.07, 6.45) is 1.60. The summed E-state index contributed by atoms with van der Waals surface area (Å²) in [4.78, 5) is 28.8. The fourth-order valence-corrected chi connectivity index (χ4v) is 5.54. The van der Waals surface area contributed by atoms with E-state index in [2.05, 4.69) is 5.32 Å². The summed E-state index contributed by atoms with van der Waals surface area (Å²) in [5.74, 6) is -0.778. The van der Waals surface area contributed by atoms with Crippen LogP contribution in [0.3, 0.4) is 0 Å². The molecule has 0 fully saturated rings. The van der Waals surface area contributed by atoms with Crippen LogP contribution in [0.1, 0.15) is 37.8 Å². The summed E-state index contributed by atoms with van der Waals surface area (Å²) in [6.45, 7) is 4.57. The predicted octanol–water partition coefficient (Wildman–Crippen LogP) is 5.44. The molecule has 1 atom stereocenters. The van der Waals surface area contributed by atoms with Gasteiger partial charge in [0.2, 0.25) is 21.8 Å². The largest absolute Gasteiger partial charge is 0.354 e. The predicted molar refractivity (Wildman–Crippen MR) is 162 cm³/mol. The summed E-state index contributed by atoms with van der Waals surface area (Å²) in [5.41, 5.74) is 1.97. The van der Waals surface area contributed by atoms with Crippen molar-refractivity contribution in [1.29, 1.82) is 0 Å². The molecule has 3 aromatic rings. The van der Waals surface area contributed by atoms with Crippen LogP contribution in [0.4, 0.5) is 10.1 Å². The van der Waals surface area contributed by atoms with Gasteiger partial charge in [0.1, 0.15) is 11.9 Å². The van der Waals surface area contributed by atoms with Crippen LogP contribution in [0.5, 0.6) is 0 Å². The third-order valence-electron chi connectivity index (χ3n) is 6.47. The van der Waals surface area contributed by atoms with Gasteiger partial charge >= 0.3 is 0 Å². The normalized spacial score (nSPS) is 12.1. The van der Waals surface area contributed by atoms with Crippen LogP contribution >= 0.6 is 11.6 Å². The molecule has 3 rings (SSSR count). The van der Waals surface area contributed by atoms with E-state index in [4.69, 9.17) is 11.6 Å². The molecule has 41 heavy (non-hydrogen) atoms. The maximum absolute atomic E-state index is 13.8. The zero-order valence-electron chi connectivity index (χ0n) is 23.6. The first-order chi connectivity index (χ1) is 19.4. The molecule has 0 aliphatic rings. The van der Waals surface area contributed by atoms with Gasteiger partial charge in [0, 0.05) is 37.5 Å². The first kappa shape index (κ1) is 32.1. The van der Waals surface area contributed by atoms with Crippen molar-refractivity contribution < 1.29 is 22.4 Å². The van der Waals surface area contributed by atoms with Crippen molar-refractivity contribution in [3.63, 3.8) is 0 Å². The van der Waals surface area contributed by atoms with E-state index in [1.54, 1.807) is 36.4 Å². The fraction of sp³-hybridized carbons (Fsp3) is 0.355. The Bertz CT molecular complexity index is 1400. The molecule has 0 radical (unpaired) electrons. The highest BCUT2D eigenvalue weighted by Gasteiger charge is 2.30. The first-order valence-electron chi connectivity index (χ1n) is 13.5. The number of carbonyl (C=O) groups excluding carboxylic acids is 2. The van der Waals surface area contributed by atoms with Crippen molar-refractivity contribution in [2.45, 2.75) is 45.7 Å². The van der Waals surface area contributed by atoms with Crippen LogP contribution in [0, 0.1) is 11.7 Å². The van der Waals surface area contributed by atoms with Gasteiger partial charge in [-0.2, -0.15) is 0 Å². The van der Waals surface area contributed by atoms with Crippen LogP contribution in [0.2, 0.25) is 5.02 Å². The van der Waals surface area contributed by atoms with Crippen molar-refractivity contribution in [2.75, 3.05) is 23.7 Å². The Kier molecular flexibility index (Phi) is 11.7. The summed E-state index contributed by atoms with van der Waals surface area (Å²) < 4.78 is 40.0. The van der Waals surface area contributed by atoms with E-state index >= 15 is 0 Å². The topological polar surface area (TPSA) is 86.8 Å². The van der Waals surface area contributed by atoms with Crippen molar-refractivity contribution in [1.82, 2.24) is 10.2 Å². The number of benzene rings is 3. The van der Waals surface area contributed by atoms with Gasteiger partial charge in [-0.25, -0.2) is 12.8 Å². The van der Waals surface area contributed by atoms with Gasteiger partial charge in [-0.3, -0.25) is 13.9 Å². The van der Waals surface area contributed by atoms with Gasteiger partial charge in [-0.1, -0.05) is 74.0 Å². The van der Waals surface area contributed by atoms with Crippen LogP contribution in [-0.2, 0) is 32.6 Å². The molecule has 0 saturated carbocycles. The minimum Gasteiger partial charge on any atom is -0.354 e. The van der Waals surface area contributed by atoms with Gasteiger partial charge in [0.25, 0.3) is 0 Å². The van der Waals surface area contributed by atoms with Crippen LogP contribution in [0.15, 0.2) is 78.9 Å². The number of carbonyl (C=O) groups is 2. The summed E-state index contributed by atoms with van der Waals surface area (Å²) in [6, 6.07) is 20.9. The molecular formula is C31H37ClFN3O4S. The molecule has 0 saturated heterocycles. The van der Waals surface area contributed by atoms with Crippen LogP contribution in [0.25, 0.3) is 0 Å². The molecule has 0 unspecified atom stereocenters. The first-order valence-corrected chi connectivity index (χ1v) is 15.8. The van der Waals surface area contributed by atoms with Crippen molar-refractivity contribution >= 4 is 39.1 Å². The second kappa shape index (κ2) is 15.0. The fourth-order valence-electron chi connectivity index (χ4n) is 4.40. The molecule has 220 valence electrons. The standard InChI is InChI=1S/C31H37ClFN3O4S/c1-23(2)21-34-31(38)29(19-24-9-5-4-6-10-24)35(22-25-14-16-27(33)17-15-25)30(37)13-8-18-36(41(3,39)40)28-12-7-11-26(32)20-28/h4-7,9-12,14-17,20,23,29H,8,13,18-19,21-22H2,1-3H3,(H,34,38)/t29-/m0/s1. The molecule has 0 aromatic heterocycles. The monoisotopic (exact) mass is 601 g/mol. The number of halogens is 2. The number of hydrogen-bond acceptors (Lipinski definition) is 4. The Morgan fingerprint density at radius 2 is 1.63 bits per heavy atom. The third-order valence-corrected chi connectivity index (χ3v) is 7.90. The van der Waals surface area contributed by atoms with Crippen LogP contribution in [-0.4, -0.2) is 50.5 Å². The number of hydrogen-bond donors (Lipinski definition) is 1. The van der Waals surface area contributed by atoms with E-state index in [0.29, 0.717) is 22.8 Å². The Morgan fingerprint density at radius 1 is 0.951 bits per heavy atom. The highest BCUT2D eigenvalue weighted by molar-refractivity contribution is 7.92. The van der Waals surface area contributed by atoms with E-state index in [1.807, 2.05) is 44.2 Å². The molecule has 0 heterocycles. The van der Waals surface area contributed by atoms with Gasteiger partial charge in [0.15, 0.2) is 0 Å². The lowest BCUT2D eigenvalue weighted by Gasteiger charge is -2.32.